The fourth-order valence-corrected chi connectivity index (χ4v) is 2.68. The summed E-state index contributed by atoms with van der Waals surface area (Å²) in [6, 6.07) is 7.86. The molecule has 0 bridgehead atoms. The van der Waals surface area contributed by atoms with Gasteiger partial charge in [0, 0.05) is 24.7 Å². The predicted molar refractivity (Wildman–Crippen MR) is 76.4 cm³/mol. The molecule has 0 aliphatic carbocycles. The van der Waals surface area contributed by atoms with Crippen molar-refractivity contribution in [3.8, 4) is 0 Å². The van der Waals surface area contributed by atoms with E-state index < -0.39 is 0 Å². The third-order valence-corrected chi connectivity index (χ3v) is 3.78. The van der Waals surface area contributed by atoms with Gasteiger partial charge in [0.1, 0.15) is 5.76 Å². The smallest absolute Gasteiger partial charge is 0.168 e. The molecule has 20 heavy (non-hydrogen) atoms. The molecular weight excluding hydrogens is 272 g/mol. The average Bonchev–Trinajstić information content (AvgIpc) is 3.07. The molecule has 0 spiro atoms. The maximum absolute atomic E-state index is 5.20. The third-order valence-electron chi connectivity index (χ3n) is 2.76. The zero-order chi connectivity index (χ0) is 13.8. The number of pyridine rings is 1. The Kier molecular flexibility index (Phi) is 3.83. The molecular formula is C14H14N4OS. The number of thioether (sulfide) groups is 1. The van der Waals surface area contributed by atoms with Gasteiger partial charge in [-0.05, 0) is 19.1 Å². The van der Waals surface area contributed by atoms with Crippen molar-refractivity contribution in [1.82, 2.24) is 19.7 Å². The van der Waals surface area contributed by atoms with Gasteiger partial charge >= 0.3 is 0 Å². The van der Waals surface area contributed by atoms with Gasteiger partial charge in [0.05, 0.1) is 23.7 Å². The lowest BCUT2D eigenvalue weighted by molar-refractivity contribution is 0.391. The number of nitrogens with zero attached hydrogens (tertiary/aromatic N) is 4. The van der Waals surface area contributed by atoms with Crippen LogP contribution in [0.4, 0.5) is 0 Å². The van der Waals surface area contributed by atoms with Gasteiger partial charge in [0.2, 0.25) is 0 Å². The third kappa shape index (κ3) is 3.08. The first kappa shape index (κ1) is 12.9. The SMILES string of the molecule is Cc1cc(CSc2nccn2Cc2ccccn2)on1. The van der Waals surface area contributed by atoms with Crippen LogP contribution in [0.2, 0.25) is 0 Å². The van der Waals surface area contributed by atoms with Gasteiger partial charge in [-0.3, -0.25) is 4.98 Å². The second kappa shape index (κ2) is 5.92. The summed E-state index contributed by atoms with van der Waals surface area (Å²) in [5, 5.41) is 4.83. The highest BCUT2D eigenvalue weighted by Crippen LogP contribution is 2.22. The quantitative estimate of drug-likeness (QED) is 0.675. The molecule has 0 saturated heterocycles. The predicted octanol–water partition coefficient (Wildman–Crippen LogP) is 2.92. The van der Waals surface area contributed by atoms with Gasteiger partial charge in [-0.25, -0.2) is 4.98 Å². The fourth-order valence-electron chi connectivity index (χ4n) is 1.84. The summed E-state index contributed by atoms with van der Waals surface area (Å²) in [4.78, 5) is 8.70. The van der Waals surface area contributed by atoms with E-state index in [2.05, 4.69) is 19.7 Å². The van der Waals surface area contributed by atoms with Gasteiger partial charge in [0.25, 0.3) is 0 Å². The van der Waals surface area contributed by atoms with Crippen molar-refractivity contribution in [2.45, 2.75) is 24.4 Å². The summed E-state index contributed by atoms with van der Waals surface area (Å²) in [6.45, 7) is 2.64. The fraction of sp³-hybridized carbons (Fsp3) is 0.214. The number of rotatable bonds is 5. The Bertz CT molecular complexity index is 677. The minimum absolute atomic E-state index is 0.721. The van der Waals surface area contributed by atoms with E-state index in [1.807, 2.05) is 37.4 Å². The van der Waals surface area contributed by atoms with Gasteiger partial charge in [-0.15, -0.1) is 0 Å². The van der Waals surface area contributed by atoms with Crippen LogP contribution in [-0.2, 0) is 12.3 Å². The van der Waals surface area contributed by atoms with Crippen LogP contribution in [0, 0.1) is 6.92 Å². The van der Waals surface area contributed by atoms with E-state index in [1.54, 1.807) is 24.2 Å². The summed E-state index contributed by atoms with van der Waals surface area (Å²) in [5.74, 6) is 1.58. The molecule has 0 radical (unpaired) electrons. The second-order valence-corrected chi connectivity index (χ2v) is 5.32. The highest BCUT2D eigenvalue weighted by Gasteiger charge is 2.07. The first-order valence-electron chi connectivity index (χ1n) is 6.27. The minimum Gasteiger partial charge on any atom is -0.360 e. The molecule has 0 aliphatic rings. The van der Waals surface area contributed by atoms with Crippen LogP contribution in [0.15, 0.2) is 52.5 Å². The standard InChI is InChI=1S/C14H14N4OS/c1-11-8-13(19-17-11)10-20-14-16-6-7-18(14)9-12-4-2-3-5-15-12/h2-8H,9-10H2,1H3. The van der Waals surface area contributed by atoms with Crippen LogP contribution in [-0.4, -0.2) is 19.7 Å². The van der Waals surface area contributed by atoms with Crippen molar-refractivity contribution in [2.75, 3.05) is 0 Å². The van der Waals surface area contributed by atoms with E-state index in [9.17, 15) is 0 Å². The molecule has 0 aliphatic heterocycles. The number of hydrogen-bond donors (Lipinski definition) is 0. The van der Waals surface area contributed by atoms with Crippen molar-refractivity contribution >= 4 is 11.8 Å². The summed E-state index contributed by atoms with van der Waals surface area (Å²) in [5.41, 5.74) is 1.92. The van der Waals surface area contributed by atoms with Crippen LogP contribution in [0.3, 0.4) is 0 Å². The first-order chi connectivity index (χ1) is 9.81. The average molecular weight is 286 g/mol. The molecule has 5 nitrogen and oxygen atoms in total. The molecule has 0 atom stereocenters. The first-order valence-corrected chi connectivity index (χ1v) is 7.26. The van der Waals surface area contributed by atoms with Crippen molar-refractivity contribution < 1.29 is 4.52 Å². The molecule has 102 valence electrons. The van der Waals surface area contributed by atoms with Crippen LogP contribution in [0.5, 0.6) is 0 Å². The molecule has 0 N–H and O–H groups in total. The summed E-state index contributed by atoms with van der Waals surface area (Å²) < 4.78 is 7.28. The van der Waals surface area contributed by atoms with E-state index in [-0.39, 0.29) is 0 Å². The monoisotopic (exact) mass is 286 g/mol. The van der Waals surface area contributed by atoms with E-state index in [0.717, 1.165) is 34.6 Å². The normalized spacial score (nSPS) is 10.8. The molecule has 0 fully saturated rings. The van der Waals surface area contributed by atoms with E-state index in [4.69, 9.17) is 4.52 Å². The Morgan fingerprint density at radius 2 is 2.20 bits per heavy atom. The molecule has 6 heteroatoms. The zero-order valence-corrected chi connectivity index (χ0v) is 11.9. The maximum Gasteiger partial charge on any atom is 0.168 e. The lowest BCUT2D eigenvalue weighted by Gasteiger charge is -2.05. The number of hydrogen-bond acceptors (Lipinski definition) is 5. The Labute approximate surface area is 121 Å². The maximum atomic E-state index is 5.20. The molecule has 0 amide bonds. The number of aromatic nitrogens is 4. The Morgan fingerprint density at radius 3 is 2.95 bits per heavy atom. The molecule has 0 saturated carbocycles. The van der Waals surface area contributed by atoms with Gasteiger partial charge in [0.15, 0.2) is 5.16 Å². The van der Waals surface area contributed by atoms with Crippen molar-refractivity contribution in [1.29, 1.82) is 0 Å². The van der Waals surface area contributed by atoms with Gasteiger partial charge in [-0.2, -0.15) is 0 Å². The Hall–Kier alpha value is -2.08. The number of aryl methyl sites for hydroxylation is 1. The summed E-state index contributed by atoms with van der Waals surface area (Å²) in [7, 11) is 0. The lowest BCUT2D eigenvalue weighted by Crippen LogP contribution is -2.01. The minimum atomic E-state index is 0.721. The largest absolute Gasteiger partial charge is 0.360 e. The van der Waals surface area contributed by atoms with E-state index >= 15 is 0 Å². The molecule has 0 unspecified atom stereocenters. The molecule has 3 aromatic heterocycles. The van der Waals surface area contributed by atoms with Crippen LogP contribution < -0.4 is 0 Å². The topological polar surface area (TPSA) is 56.7 Å². The van der Waals surface area contributed by atoms with Gasteiger partial charge < -0.3 is 9.09 Å². The van der Waals surface area contributed by atoms with Crippen LogP contribution in [0.25, 0.3) is 0 Å². The molecule has 3 aromatic rings. The van der Waals surface area contributed by atoms with Crippen molar-refractivity contribution in [2.24, 2.45) is 0 Å². The van der Waals surface area contributed by atoms with E-state index in [0.29, 0.717) is 0 Å². The molecule has 3 heterocycles. The Morgan fingerprint density at radius 1 is 1.25 bits per heavy atom. The summed E-state index contributed by atoms with van der Waals surface area (Å²) >= 11 is 1.63. The second-order valence-electron chi connectivity index (χ2n) is 4.38. The van der Waals surface area contributed by atoms with Gasteiger partial charge in [-0.1, -0.05) is 23.0 Å². The zero-order valence-electron chi connectivity index (χ0n) is 11.1. The highest BCUT2D eigenvalue weighted by molar-refractivity contribution is 7.98. The Balaban J connectivity index is 1.67. The van der Waals surface area contributed by atoms with Crippen LogP contribution in [0.1, 0.15) is 17.1 Å². The lowest BCUT2D eigenvalue weighted by atomic mass is 10.3. The molecule has 0 aromatic carbocycles. The highest BCUT2D eigenvalue weighted by atomic mass is 32.2. The summed E-state index contributed by atoms with van der Waals surface area (Å²) in [6.07, 6.45) is 5.57. The number of imidazole rings is 1. The van der Waals surface area contributed by atoms with Crippen LogP contribution >= 0.6 is 11.8 Å². The van der Waals surface area contributed by atoms with E-state index in [1.165, 1.54) is 0 Å². The van der Waals surface area contributed by atoms with Crippen molar-refractivity contribution in [3.05, 3.63) is 60.0 Å². The van der Waals surface area contributed by atoms with Crippen molar-refractivity contribution in [3.63, 3.8) is 0 Å². The molecule has 3 rings (SSSR count).